The van der Waals surface area contributed by atoms with E-state index in [-0.39, 0.29) is 12.6 Å². The van der Waals surface area contributed by atoms with Gasteiger partial charge in [-0.3, -0.25) is 0 Å². The zero-order valence-corrected chi connectivity index (χ0v) is 10.6. The van der Waals surface area contributed by atoms with Gasteiger partial charge in [-0.1, -0.05) is 0 Å². The number of aryl methyl sites for hydroxylation is 1. The number of aliphatic hydroxyl groups is 1. The van der Waals surface area contributed by atoms with Gasteiger partial charge in [-0.15, -0.1) is 5.10 Å². The molecule has 18 heavy (non-hydrogen) atoms. The number of methoxy groups -OCH3 is 1. The van der Waals surface area contributed by atoms with Crippen LogP contribution in [0, 0.1) is 6.92 Å². The van der Waals surface area contributed by atoms with Crippen molar-refractivity contribution in [2.75, 3.05) is 25.6 Å². The van der Waals surface area contributed by atoms with Gasteiger partial charge in [-0.2, -0.15) is 4.98 Å². The molecule has 6 nitrogen and oxygen atoms in total. The first-order valence-electron chi connectivity index (χ1n) is 5.92. The maximum Gasteiger partial charge on any atom is 0.243 e. The molecule has 0 aliphatic rings. The standard InChI is InChI=1S/C12H18N4O2/c1-9-3-5-16-11(7-9)14-12(15-16)13-10(4-6-17)8-18-2/h3,5,7,10,17H,4,6,8H2,1-2H3,(H,13,15). The van der Waals surface area contributed by atoms with Gasteiger partial charge in [0.15, 0.2) is 5.65 Å². The van der Waals surface area contributed by atoms with E-state index in [9.17, 15) is 0 Å². The highest BCUT2D eigenvalue weighted by Crippen LogP contribution is 2.09. The van der Waals surface area contributed by atoms with Crippen LogP contribution in [-0.4, -0.2) is 46.1 Å². The van der Waals surface area contributed by atoms with Gasteiger partial charge < -0.3 is 15.2 Å². The molecule has 0 aliphatic heterocycles. The molecule has 0 spiro atoms. The quantitative estimate of drug-likeness (QED) is 0.795. The van der Waals surface area contributed by atoms with Gasteiger partial charge in [0.1, 0.15) is 0 Å². The molecule has 2 rings (SSSR count). The van der Waals surface area contributed by atoms with Crippen molar-refractivity contribution >= 4 is 11.6 Å². The minimum atomic E-state index is 0.0125. The van der Waals surface area contributed by atoms with Crippen LogP contribution in [0.5, 0.6) is 0 Å². The molecule has 0 bridgehead atoms. The number of aliphatic hydroxyl groups excluding tert-OH is 1. The van der Waals surface area contributed by atoms with E-state index in [1.165, 1.54) is 0 Å². The van der Waals surface area contributed by atoms with Crippen molar-refractivity contribution < 1.29 is 9.84 Å². The first kappa shape index (κ1) is 12.8. The Morgan fingerprint density at radius 1 is 1.56 bits per heavy atom. The Morgan fingerprint density at radius 2 is 2.39 bits per heavy atom. The fourth-order valence-electron chi connectivity index (χ4n) is 1.78. The van der Waals surface area contributed by atoms with Crippen LogP contribution in [0.4, 0.5) is 5.95 Å². The number of nitrogens with zero attached hydrogens (tertiary/aromatic N) is 3. The van der Waals surface area contributed by atoms with Crippen LogP contribution in [0.15, 0.2) is 18.3 Å². The molecular formula is C12H18N4O2. The van der Waals surface area contributed by atoms with Gasteiger partial charge >= 0.3 is 0 Å². The summed E-state index contributed by atoms with van der Waals surface area (Å²) in [6, 6.07) is 3.96. The van der Waals surface area contributed by atoms with Crippen LogP contribution in [0.25, 0.3) is 5.65 Å². The fraction of sp³-hybridized carbons (Fsp3) is 0.500. The lowest BCUT2D eigenvalue weighted by Crippen LogP contribution is -2.26. The van der Waals surface area contributed by atoms with Crippen molar-refractivity contribution in [2.45, 2.75) is 19.4 Å². The van der Waals surface area contributed by atoms with Crippen LogP contribution in [0.1, 0.15) is 12.0 Å². The van der Waals surface area contributed by atoms with Gasteiger partial charge in [-0.25, -0.2) is 4.52 Å². The Balaban J connectivity index is 2.14. The fourth-order valence-corrected chi connectivity index (χ4v) is 1.78. The molecule has 0 radical (unpaired) electrons. The van der Waals surface area contributed by atoms with E-state index < -0.39 is 0 Å². The number of hydrogen-bond acceptors (Lipinski definition) is 5. The smallest absolute Gasteiger partial charge is 0.243 e. The van der Waals surface area contributed by atoms with Crippen molar-refractivity contribution in [2.24, 2.45) is 0 Å². The van der Waals surface area contributed by atoms with Crippen molar-refractivity contribution in [1.82, 2.24) is 14.6 Å². The van der Waals surface area contributed by atoms with Crippen molar-refractivity contribution in [3.05, 3.63) is 23.9 Å². The number of nitrogens with one attached hydrogen (secondary N) is 1. The molecule has 2 N–H and O–H groups in total. The molecular weight excluding hydrogens is 232 g/mol. The van der Waals surface area contributed by atoms with Gasteiger partial charge in [0.25, 0.3) is 0 Å². The molecule has 98 valence electrons. The Kier molecular flexibility index (Phi) is 4.11. The molecule has 1 unspecified atom stereocenters. The normalized spacial score (nSPS) is 12.8. The zero-order chi connectivity index (χ0) is 13.0. The van der Waals surface area contributed by atoms with Crippen LogP contribution >= 0.6 is 0 Å². The predicted molar refractivity (Wildman–Crippen MR) is 68.7 cm³/mol. The van der Waals surface area contributed by atoms with Gasteiger partial charge in [0.05, 0.1) is 12.6 Å². The minimum absolute atomic E-state index is 0.0125. The molecule has 0 fully saturated rings. The number of aromatic nitrogens is 3. The first-order chi connectivity index (χ1) is 8.72. The summed E-state index contributed by atoms with van der Waals surface area (Å²) in [5.41, 5.74) is 1.95. The second kappa shape index (κ2) is 5.79. The molecule has 2 heterocycles. The van der Waals surface area contributed by atoms with E-state index in [1.807, 2.05) is 25.3 Å². The van der Waals surface area contributed by atoms with Gasteiger partial charge in [0.2, 0.25) is 5.95 Å². The number of pyridine rings is 1. The third-order valence-electron chi connectivity index (χ3n) is 2.67. The number of ether oxygens (including phenoxy) is 1. The lowest BCUT2D eigenvalue weighted by Gasteiger charge is -2.14. The number of rotatable bonds is 6. The van der Waals surface area contributed by atoms with Gasteiger partial charge in [-0.05, 0) is 31.0 Å². The molecule has 1 atom stereocenters. The summed E-state index contributed by atoms with van der Waals surface area (Å²) in [6.45, 7) is 2.63. The average Bonchev–Trinajstić information content (AvgIpc) is 2.71. The molecule has 6 heteroatoms. The van der Waals surface area contributed by atoms with Crippen LogP contribution in [0.3, 0.4) is 0 Å². The second-order valence-electron chi connectivity index (χ2n) is 4.25. The highest BCUT2D eigenvalue weighted by atomic mass is 16.5. The topological polar surface area (TPSA) is 71.7 Å². The van der Waals surface area contributed by atoms with E-state index >= 15 is 0 Å². The molecule has 2 aromatic heterocycles. The summed E-state index contributed by atoms with van der Waals surface area (Å²) in [6.07, 6.45) is 2.47. The molecule has 0 aliphatic carbocycles. The van der Waals surface area contributed by atoms with Crippen molar-refractivity contribution in [3.8, 4) is 0 Å². The molecule has 0 amide bonds. The summed E-state index contributed by atoms with van der Waals surface area (Å²) in [7, 11) is 1.63. The Hall–Kier alpha value is -1.66. The number of anilines is 1. The van der Waals surface area contributed by atoms with E-state index in [2.05, 4.69) is 15.4 Å². The maximum atomic E-state index is 8.98. The summed E-state index contributed by atoms with van der Waals surface area (Å²) >= 11 is 0. The Morgan fingerprint density at radius 3 is 3.11 bits per heavy atom. The second-order valence-corrected chi connectivity index (χ2v) is 4.25. The molecule has 0 aromatic carbocycles. The van der Waals surface area contributed by atoms with E-state index in [1.54, 1.807) is 11.6 Å². The summed E-state index contributed by atoms with van der Waals surface area (Å²) in [5, 5.41) is 16.5. The van der Waals surface area contributed by atoms with Crippen molar-refractivity contribution in [1.29, 1.82) is 0 Å². The van der Waals surface area contributed by atoms with E-state index in [0.717, 1.165) is 11.2 Å². The highest BCUT2D eigenvalue weighted by molar-refractivity contribution is 5.45. The summed E-state index contributed by atoms with van der Waals surface area (Å²) < 4.78 is 6.81. The lowest BCUT2D eigenvalue weighted by molar-refractivity contribution is 0.170. The number of fused-ring (bicyclic) bond motifs is 1. The molecule has 0 saturated carbocycles. The Bertz CT molecular complexity index is 506. The predicted octanol–water partition coefficient (Wildman–Crippen LogP) is 0.847. The third kappa shape index (κ3) is 2.96. The molecule has 0 saturated heterocycles. The monoisotopic (exact) mass is 250 g/mol. The SMILES string of the molecule is COCC(CCO)Nc1nc2cc(C)ccn2n1. The highest BCUT2D eigenvalue weighted by Gasteiger charge is 2.11. The first-order valence-corrected chi connectivity index (χ1v) is 5.92. The minimum Gasteiger partial charge on any atom is -0.396 e. The summed E-state index contributed by atoms with van der Waals surface area (Å²) in [5.74, 6) is 0.552. The van der Waals surface area contributed by atoms with Crippen molar-refractivity contribution in [3.63, 3.8) is 0 Å². The number of hydrogen-bond donors (Lipinski definition) is 2. The van der Waals surface area contributed by atoms with Gasteiger partial charge in [0, 0.05) is 19.9 Å². The van der Waals surface area contributed by atoms with Crippen LogP contribution in [-0.2, 0) is 4.74 Å². The van der Waals surface area contributed by atoms with E-state index in [4.69, 9.17) is 9.84 Å². The van der Waals surface area contributed by atoms with Crippen LogP contribution in [0.2, 0.25) is 0 Å². The van der Waals surface area contributed by atoms with E-state index in [0.29, 0.717) is 19.0 Å². The summed E-state index contributed by atoms with van der Waals surface area (Å²) in [4.78, 5) is 4.38. The lowest BCUT2D eigenvalue weighted by atomic mass is 10.2. The zero-order valence-electron chi connectivity index (χ0n) is 10.6. The Labute approximate surface area is 106 Å². The molecule has 2 aromatic rings. The maximum absolute atomic E-state index is 8.98. The largest absolute Gasteiger partial charge is 0.396 e. The third-order valence-corrected chi connectivity index (χ3v) is 2.67. The average molecular weight is 250 g/mol. The van der Waals surface area contributed by atoms with Crippen LogP contribution < -0.4 is 5.32 Å².